The molecular formula is C14H18N2. The fourth-order valence-corrected chi connectivity index (χ4v) is 2.10. The predicted molar refractivity (Wildman–Crippen MR) is 70.2 cm³/mol. The van der Waals surface area contributed by atoms with Gasteiger partial charge < -0.3 is 5.32 Å². The van der Waals surface area contributed by atoms with Crippen LogP contribution < -0.4 is 5.32 Å². The van der Waals surface area contributed by atoms with Crippen molar-refractivity contribution in [3.8, 4) is 0 Å². The van der Waals surface area contributed by atoms with E-state index in [2.05, 4.69) is 45.1 Å². The lowest BCUT2D eigenvalue weighted by Gasteiger charge is -2.14. The first-order valence-corrected chi connectivity index (χ1v) is 5.61. The molecule has 0 atom stereocenters. The first-order chi connectivity index (χ1) is 7.56. The van der Waals surface area contributed by atoms with Crippen LogP contribution in [0.5, 0.6) is 0 Å². The molecule has 2 heteroatoms. The molecule has 1 aromatic heterocycles. The van der Waals surface area contributed by atoms with Crippen LogP contribution in [-0.2, 0) is 0 Å². The summed E-state index contributed by atoms with van der Waals surface area (Å²) in [6.45, 7) is 8.45. The van der Waals surface area contributed by atoms with Crippen LogP contribution in [0.1, 0.15) is 22.4 Å². The minimum Gasteiger partial charge on any atom is -0.387 e. The highest BCUT2D eigenvalue weighted by molar-refractivity contribution is 5.95. The minimum absolute atomic E-state index is 1.10. The van der Waals surface area contributed by atoms with Gasteiger partial charge in [-0.1, -0.05) is 12.1 Å². The summed E-state index contributed by atoms with van der Waals surface area (Å²) >= 11 is 0. The van der Waals surface area contributed by atoms with Gasteiger partial charge in [0.1, 0.15) is 0 Å². The van der Waals surface area contributed by atoms with Crippen LogP contribution in [0, 0.1) is 27.7 Å². The van der Waals surface area contributed by atoms with Gasteiger partial charge in [0.15, 0.2) is 0 Å². The van der Waals surface area contributed by atoms with Gasteiger partial charge in [0, 0.05) is 23.8 Å². The largest absolute Gasteiger partial charge is 0.387 e. The van der Waals surface area contributed by atoms with E-state index in [0.29, 0.717) is 0 Å². The van der Waals surface area contributed by atoms with E-state index in [4.69, 9.17) is 4.98 Å². The number of aryl methyl sites for hydroxylation is 3. The van der Waals surface area contributed by atoms with Crippen molar-refractivity contribution in [2.24, 2.45) is 0 Å². The number of hydrogen-bond acceptors (Lipinski definition) is 2. The molecule has 0 amide bonds. The maximum atomic E-state index is 4.70. The summed E-state index contributed by atoms with van der Waals surface area (Å²) in [5.74, 6) is 0. The molecule has 0 aliphatic carbocycles. The zero-order valence-electron chi connectivity index (χ0n) is 10.6. The van der Waals surface area contributed by atoms with Crippen molar-refractivity contribution >= 4 is 16.6 Å². The molecule has 0 aliphatic heterocycles. The summed E-state index contributed by atoms with van der Waals surface area (Å²) in [6, 6.07) is 4.32. The molecule has 0 radical (unpaired) electrons. The number of fused-ring (bicyclic) bond motifs is 1. The lowest BCUT2D eigenvalue weighted by Crippen LogP contribution is -2.00. The van der Waals surface area contributed by atoms with Crippen molar-refractivity contribution in [3.05, 3.63) is 34.5 Å². The second kappa shape index (κ2) is 3.78. The summed E-state index contributed by atoms with van der Waals surface area (Å²) < 4.78 is 0. The average Bonchev–Trinajstić information content (AvgIpc) is 2.27. The summed E-state index contributed by atoms with van der Waals surface area (Å²) in [4.78, 5) is 4.70. The molecule has 0 bridgehead atoms. The second-order valence-corrected chi connectivity index (χ2v) is 4.35. The number of nitrogens with one attached hydrogen (secondary N) is 1. The molecule has 0 spiro atoms. The van der Waals surface area contributed by atoms with Crippen LogP contribution in [0.25, 0.3) is 10.9 Å². The van der Waals surface area contributed by atoms with Crippen LogP contribution in [0.3, 0.4) is 0 Å². The van der Waals surface area contributed by atoms with E-state index in [1.165, 1.54) is 27.8 Å². The molecule has 1 N–H and O–H groups in total. The maximum Gasteiger partial charge on any atom is 0.0757 e. The molecule has 0 saturated heterocycles. The fraction of sp³-hybridized carbons (Fsp3) is 0.357. The SMILES string of the molecule is CNc1c(C)c(C)nc2c(C)c(C)ccc12. The Hall–Kier alpha value is -1.57. The topological polar surface area (TPSA) is 24.9 Å². The number of rotatable bonds is 1. The van der Waals surface area contributed by atoms with E-state index in [-0.39, 0.29) is 0 Å². The third-order valence-corrected chi connectivity index (χ3v) is 3.42. The molecule has 0 unspecified atom stereocenters. The Balaban J connectivity index is 2.96. The smallest absolute Gasteiger partial charge is 0.0757 e. The van der Waals surface area contributed by atoms with Gasteiger partial charge in [0.25, 0.3) is 0 Å². The zero-order valence-corrected chi connectivity index (χ0v) is 10.6. The summed E-state index contributed by atoms with van der Waals surface area (Å²) in [5.41, 5.74) is 7.23. The number of aromatic nitrogens is 1. The monoisotopic (exact) mass is 214 g/mol. The van der Waals surface area contributed by atoms with E-state index < -0.39 is 0 Å². The first-order valence-electron chi connectivity index (χ1n) is 5.61. The molecule has 0 aliphatic rings. The van der Waals surface area contributed by atoms with Crippen molar-refractivity contribution in [1.82, 2.24) is 4.98 Å². The summed E-state index contributed by atoms with van der Waals surface area (Å²) in [7, 11) is 1.97. The van der Waals surface area contributed by atoms with Crippen molar-refractivity contribution in [2.75, 3.05) is 12.4 Å². The third kappa shape index (κ3) is 1.45. The van der Waals surface area contributed by atoms with Crippen molar-refractivity contribution in [1.29, 1.82) is 0 Å². The van der Waals surface area contributed by atoms with Crippen LogP contribution in [0.2, 0.25) is 0 Å². The summed E-state index contributed by atoms with van der Waals surface area (Å²) in [6.07, 6.45) is 0. The standard InChI is InChI=1S/C14H18N2/c1-8-6-7-12-13(15-5)10(3)11(4)16-14(12)9(8)2/h6-7H,1-5H3,(H,15,16). The Morgan fingerprint density at radius 1 is 1.00 bits per heavy atom. The molecule has 1 aromatic carbocycles. The predicted octanol–water partition coefficient (Wildman–Crippen LogP) is 3.51. The summed E-state index contributed by atoms with van der Waals surface area (Å²) in [5, 5.41) is 4.50. The van der Waals surface area contributed by atoms with Gasteiger partial charge in [-0.2, -0.15) is 0 Å². The van der Waals surface area contributed by atoms with Gasteiger partial charge >= 0.3 is 0 Å². The first kappa shape index (κ1) is 10.9. The van der Waals surface area contributed by atoms with Crippen LogP contribution in [0.15, 0.2) is 12.1 Å². The molecule has 2 rings (SSSR count). The van der Waals surface area contributed by atoms with Crippen molar-refractivity contribution in [2.45, 2.75) is 27.7 Å². The lowest BCUT2D eigenvalue weighted by molar-refractivity contribution is 1.18. The van der Waals surface area contributed by atoms with E-state index in [1.807, 2.05) is 7.05 Å². The van der Waals surface area contributed by atoms with Gasteiger partial charge in [-0.05, 0) is 44.4 Å². The molecule has 0 saturated carbocycles. The van der Waals surface area contributed by atoms with E-state index in [9.17, 15) is 0 Å². The van der Waals surface area contributed by atoms with E-state index in [0.717, 1.165) is 11.2 Å². The number of nitrogens with zero attached hydrogens (tertiary/aromatic N) is 1. The average molecular weight is 214 g/mol. The van der Waals surface area contributed by atoms with E-state index >= 15 is 0 Å². The van der Waals surface area contributed by atoms with Gasteiger partial charge in [-0.25, -0.2) is 0 Å². The van der Waals surface area contributed by atoms with Crippen molar-refractivity contribution < 1.29 is 0 Å². The van der Waals surface area contributed by atoms with Crippen LogP contribution >= 0.6 is 0 Å². The number of benzene rings is 1. The highest BCUT2D eigenvalue weighted by Crippen LogP contribution is 2.30. The number of anilines is 1. The van der Waals surface area contributed by atoms with Gasteiger partial charge in [-0.3, -0.25) is 4.98 Å². The minimum atomic E-state index is 1.10. The Bertz CT molecular complexity index is 556. The molecule has 84 valence electrons. The molecule has 1 heterocycles. The Morgan fingerprint density at radius 2 is 1.69 bits per heavy atom. The third-order valence-electron chi connectivity index (χ3n) is 3.42. The zero-order chi connectivity index (χ0) is 11.9. The Labute approximate surface area is 96.7 Å². The number of hydrogen-bond donors (Lipinski definition) is 1. The quantitative estimate of drug-likeness (QED) is 0.785. The van der Waals surface area contributed by atoms with Gasteiger partial charge in [0.2, 0.25) is 0 Å². The Morgan fingerprint density at radius 3 is 2.31 bits per heavy atom. The highest BCUT2D eigenvalue weighted by atomic mass is 14.8. The van der Waals surface area contributed by atoms with Crippen LogP contribution in [0.4, 0.5) is 5.69 Å². The number of pyridine rings is 1. The Kier molecular flexibility index (Phi) is 2.58. The molecule has 0 fully saturated rings. The lowest BCUT2D eigenvalue weighted by atomic mass is 10.0. The molecule has 16 heavy (non-hydrogen) atoms. The van der Waals surface area contributed by atoms with Gasteiger partial charge in [-0.15, -0.1) is 0 Å². The highest BCUT2D eigenvalue weighted by Gasteiger charge is 2.10. The fourth-order valence-electron chi connectivity index (χ4n) is 2.10. The van der Waals surface area contributed by atoms with Crippen molar-refractivity contribution in [3.63, 3.8) is 0 Å². The second-order valence-electron chi connectivity index (χ2n) is 4.35. The molecule has 2 nitrogen and oxygen atoms in total. The van der Waals surface area contributed by atoms with Gasteiger partial charge in [0.05, 0.1) is 5.52 Å². The maximum absolute atomic E-state index is 4.70. The van der Waals surface area contributed by atoms with Crippen LogP contribution in [-0.4, -0.2) is 12.0 Å². The molecular weight excluding hydrogens is 196 g/mol. The normalized spacial score (nSPS) is 10.8. The molecule has 2 aromatic rings. The van der Waals surface area contributed by atoms with E-state index in [1.54, 1.807) is 0 Å².